The minimum atomic E-state index is -0.0654. The Morgan fingerprint density at radius 1 is 1.47 bits per heavy atom. The van der Waals surface area contributed by atoms with E-state index in [1.807, 2.05) is 24.3 Å². The van der Waals surface area contributed by atoms with Crippen LogP contribution in [0.3, 0.4) is 0 Å². The number of nitrogens with two attached hydrogens (primary N) is 1. The Labute approximate surface area is 114 Å². The summed E-state index contributed by atoms with van der Waals surface area (Å²) in [5.41, 5.74) is 6.88. The van der Waals surface area contributed by atoms with Crippen LogP contribution in [0.25, 0.3) is 0 Å². The van der Waals surface area contributed by atoms with Crippen molar-refractivity contribution in [3.05, 3.63) is 34.2 Å². The predicted octanol–water partition coefficient (Wildman–Crippen LogP) is 0.972. The number of thiazole rings is 1. The van der Waals surface area contributed by atoms with E-state index in [1.54, 1.807) is 17.5 Å². The number of aromatic nitrogens is 3. The van der Waals surface area contributed by atoms with Crippen molar-refractivity contribution in [1.82, 2.24) is 15.0 Å². The number of amidine groups is 1. The van der Waals surface area contributed by atoms with Gasteiger partial charge in [0.05, 0.1) is 17.2 Å². The lowest BCUT2D eigenvalue weighted by atomic mass is 10.3. The van der Waals surface area contributed by atoms with Gasteiger partial charge in [0.15, 0.2) is 17.3 Å². The summed E-state index contributed by atoms with van der Waals surface area (Å²) in [6, 6.07) is 0. The van der Waals surface area contributed by atoms with Crippen LogP contribution < -0.4 is 10.6 Å². The fraction of sp³-hybridized carbons (Fsp3) is 0.273. The van der Waals surface area contributed by atoms with E-state index < -0.39 is 0 Å². The van der Waals surface area contributed by atoms with E-state index in [0.29, 0.717) is 18.1 Å². The number of aryl methyl sites for hydroxylation is 1. The number of anilines is 1. The maximum Gasteiger partial charge on any atom is 0.192 e. The molecule has 0 saturated carbocycles. The van der Waals surface area contributed by atoms with Crippen molar-refractivity contribution < 1.29 is 5.21 Å². The molecule has 0 aliphatic heterocycles. The van der Waals surface area contributed by atoms with Crippen LogP contribution in [0.4, 0.5) is 5.82 Å². The van der Waals surface area contributed by atoms with Crippen molar-refractivity contribution in [2.24, 2.45) is 10.9 Å². The lowest BCUT2D eigenvalue weighted by molar-refractivity contribution is 0.318. The summed E-state index contributed by atoms with van der Waals surface area (Å²) in [5, 5.41) is 14.7. The Bertz CT molecular complexity index is 596. The van der Waals surface area contributed by atoms with Gasteiger partial charge in [-0.05, 0) is 6.92 Å². The summed E-state index contributed by atoms with van der Waals surface area (Å²) in [6.45, 7) is 2.53. The van der Waals surface area contributed by atoms with E-state index in [2.05, 4.69) is 20.1 Å². The van der Waals surface area contributed by atoms with Gasteiger partial charge in [-0.15, -0.1) is 11.3 Å². The van der Waals surface area contributed by atoms with Crippen LogP contribution in [0.1, 0.15) is 16.4 Å². The second-order valence-corrected chi connectivity index (χ2v) is 4.99. The van der Waals surface area contributed by atoms with Crippen LogP contribution in [0.2, 0.25) is 0 Å². The Kier molecular flexibility index (Phi) is 3.91. The Morgan fingerprint density at radius 3 is 2.84 bits per heavy atom. The van der Waals surface area contributed by atoms with Gasteiger partial charge < -0.3 is 15.8 Å². The van der Waals surface area contributed by atoms with Gasteiger partial charge in [-0.25, -0.2) is 15.0 Å². The molecule has 0 aliphatic rings. The topological polar surface area (TPSA) is 101 Å². The first kappa shape index (κ1) is 13.2. The monoisotopic (exact) mass is 278 g/mol. The average Bonchev–Trinajstić information content (AvgIpc) is 2.83. The average molecular weight is 278 g/mol. The molecule has 3 N–H and O–H groups in total. The van der Waals surface area contributed by atoms with E-state index >= 15 is 0 Å². The number of nitrogens with zero attached hydrogens (tertiary/aromatic N) is 5. The largest absolute Gasteiger partial charge is 0.409 e. The highest BCUT2D eigenvalue weighted by molar-refractivity contribution is 7.09. The Hall–Kier alpha value is -2.22. The van der Waals surface area contributed by atoms with Crippen molar-refractivity contribution >= 4 is 23.0 Å². The van der Waals surface area contributed by atoms with Gasteiger partial charge in [0.2, 0.25) is 0 Å². The molecule has 2 rings (SSSR count). The molecule has 0 spiro atoms. The number of rotatable bonds is 4. The molecular formula is C11H14N6OS. The smallest absolute Gasteiger partial charge is 0.192 e. The SMILES string of the molecule is Cc1nc(CN(C)c2nccnc2C(N)=NO)cs1. The quantitative estimate of drug-likeness (QED) is 0.374. The maximum atomic E-state index is 8.75. The van der Waals surface area contributed by atoms with Gasteiger partial charge in [0.25, 0.3) is 0 Å². The van der Waals surface area contributed by atoms with Gasteiger partial charge in [0.1, 0.15) is 0 Å². The summed E-state index contributed by atoms with van der Waals surface area (Å²) in [4.78, 5) is 14.5. The minimum absolute atomic E-state index is 0.0654. The highest BCUT2D eigenvalue weighted by atomic mass is 32.1. The van der Waals surface area contributed by atoms with Crippen LogP contribution in [-0.2, 0) is 6.54 Å². The summed E-state index contributed by atoms with van der Waals surface area (Å²) in [6.07, 6.45) is 3.06. The second-order valence-electron chi connectivity index (χ2n) is 3.93. The molecule has 0 saturated heterocycles. The van der Waals surface area contributed by atoms with E-state index in [0.717, 1.165) is 10.7 Å². The standard InChI is InChI=1S/C11H14N6OS/c1-7-15-8(6-19-7)5-17(2)11-9(10(12)16-18)13-3-4-14-11/h3-4,6,18H,5H2,1-2H3,(H2,12,16). The van der Waals surface area contributed by atoms with Crippen molar-refractivity contribution in [2.75, 3.05) is 11.9 Å². The number of hydrogen-bond acceptors (Lipinski definition) is 7. The van der Waals surface area contributed by atoms with Crippen molar-refractivity contribution in [3.8, 4) is 0 Å². The molecule has 2 heterocycles. The van der Waals surface area contributed by atoms with E-state index in [4.69, 9.17) is 10.9 Å². The van der Waals surface area contributed by atoms with Gasteiger partial charge in [-0.1, -0.05) is 5.16 Å². The molecule has 0 aliphatic carbocycles. The number of hydrogen-bond donors (Lipinski definition) is 2. The Morgan fingerprint density at radius 2 is 2.21 bits per heavy atom. The van der Waals surface area contributed by atoms with Crippen LogP contribution >= 0.6 is 11.3 Å². The molecule has 0 radical (unpaired) electrons. The molecule has 2 aromatic rings. The maximum absolute atomic E-state index is 8.75. The first-order chi connectivity index (χ1) is 9.11. The molecular weight excluding hydrogens is 264 g/mol. The molecule has 100 valence electrons. The van der Waals surface area contributed by atoms with E-state index in [-0.39, 0.29) is 5.84 Å². The van der Waals surface area contributed by atoms with Crippen LogP contribution in [0.5, 0.6) is 0 Å². The van der Waals surface area contributed by atoms with Gasteiger partial charge in [-0.3, -0.25) is 0 Å². The predicted molar refractivity (Wildman–Crippen MR) is 73.5 cm³/mol. The first-order valence-electron chi connectivity index (χ1n) is 5.53. The molecule has 0 atom stereocenters. The van der Waals surface area contributed by atoms with Crippen LogP contribution in [-0.4, -0.2) is 33.0 Å². The summed E-state index contributed by atoms with van der Waals surface area (Å²) < 4.78 is 0. The molecule has 0 amide bonds. The molecule has 0 aromatic carbocycles. The normalized spacial score (nSPS) is 11.6. The molecule has 7 nitrogen and oxygen atoms in total. The summed E-state index contributed by atoms with van der Waals surface area (Å²) in [5.74, 6) is 0.480. The molecule has 2 aromatic heterocycles. The zero-order chi connectivity index (χ0) is 13.8. The molecule has 8 heteroatoms. The van der Waals surface area contributed by atoms with E-state index in [9.17, 15) is 0 Å². The first-order valence-corrected chi connectivity index (χ1v) is 6.41. The zero-order valence-electron chi connectivity index (χ0n) is 10.6. The highest BCUT2D eigenvalue weighted by Crippen LogP contribution is 2.17. The second kappa shape index (κ2) is 5.61. The minimum Gasteiger partial charge on any atom is -0.409 e. The van der Waals surface area contributed by atoms with Gasteiger partial charge in [0, 0.05) is 24.8 Å². The molecule has 0 bridgehead atoms. The number of oxime groups is 1. The fourth-order valence-electron chi connectivity index (χ4n) is 1.64. The molecule has 19 heavy (non-hydrogen) atoms. The highest BCUT2D eigenvalue weighted by Gasteiger charge is 2.14. The van der Waals surface area contributed by atoms with Crippen molar-refractivity contribution in [3.63, 3.8) is 0 Å². The Balaban J connectivity index is 2.26. The lowest BCUT2D eigenvalue weighted by Gasteiger charge is -2.18. The summed E-state index contributed by atoms with van der Waals surface area (Å²) in [7, 11) is 1.85. The zero-order valence-corrected chi connectivity index (χ0v) is 11.4. The van der Waals surface area contributed by atoms with E-state index in [1.165, 1.54) is 6.20 Å². The van der Waals surface area contributed by atoms with Gasteiger partial charge >= 0.3 is 0 Å². The lowest BCUT2D eigenvalue weighted by Crippen LogP contribution is -2.25. The third-order valence-corrected chi connectivity index (χ3v) is 3.28. The van der Waals surface area contributed by atoms with Gasteiger partial charge in [-0.2, -0.15) is 0 Å². The molecule has 0 fully saturated rings. The summed E-state index contributed by atoms with van der Waals surface area (Å²) >= 11 is 1.59. The third kappa shape index (κ3) is 2.97. The van der Waals surface area contributed by atoms with Crippen molar-refractivity contribution in [1.29, 1.82) is 0 Å². The third-order valence-electron chi connectivity index (χ3n) is 2.46. The fourth-order valence-corrected chi connectivity index (χ4v) is 2.24. The van der Waals surface area contributed by atoms with Crippen LogP contribution in [0, 0.1) is 6.92 Å². The molecule has 0 unspecified atom stereocenters. The van der Waals surface area contributed by atoms with Crippen LogP contribution in [0.15, 0.2) is 22.9 Å². The van der Waals surface area contributed by atoms with Crippen molar-refractivity contribution in [2.45, 2.75) is 13.5 Å².